The van der Waals surface area contributed by atoms with Crippen LogP contribution in [0.4, 0.5) is 5.82 Å². The summed E-state index contributed by atoms with van der Waals surface area (Å²) >= 11 is 4.91. The van der Waals surface area contributed by atoms with Crippen LogP contribution < -0.4 is 11.1 Å². The van der Waals surface area contributed by atoms with E-state index in [9.17, 15) is 4.79 Å². The van der Waals surface area contributed by atoms with E-state index in [4.69, 9.17) is 18.0 Å². The third-order valence-electron chi connectivity index (χ3n) is 2.61. The molecule has 0 aliphatic heterocycles. The van der Waals surface area contributed by atoms with Crippen LogP contribution in [0.1, 0.15) is 21.6 Å². The van der Waals surface area contributed by atoms with Crippen LogP contribution in [0.3, 0.4) is 0 Å². The predicted molar refractivity (Wildman–Crippen MR) is 76.0 cm³/mol. The lowest BCUT2D eigenvalue weighted by atomic mass is 10.2. The molecule has 0 aliphatic carbocycles. The first-order valence-electron chi connectivity index (χ1n) is 5.55. The molecule has 0 fully saturated rings. The van der Waals surface area contributed by atoms with Gasteiger partial charge in [-0.05, 0) is 19.1 Å². The van der Waals surface area contributed by atoms with Gasteiger partial charge in [0, 0.05) is 18.9 Å². The smallest absolute Gasteiger partial charge is 0.258 e. The minimum Gasteiger partial charge on any atom is -0.389 e. The first-order valence-corrected chi connectivity index (χ1v) is 5.95. The topological polar surface area (TPSA) is 85.8 Å². The molecule has 0 saturated heterocycles. The summed E-state index contributed by atoms with van der Waals surface area (Å²) in [5.74, 6) is 0.187. The number of aryl methyl sites for hydroxylation is 2. The number of carbonyl (C=O) groups excluding carboxylic acids is 1. The molecule has 2 aromatic rings. The second-order valence-corrected chi connectivity index (χ2v) is 4.48. The zero-order valence-electron chi connectivity index (χ0n) is 10.5. The Labute approximate surface area is 115 Å². The number of thiocarbonyl (C=S) groups is 1. The Kier molecular flexibility index (Phi) is 3.57. The van der Waals surface area contributed by atoms with E-state index in [1.807, 2.05) is 6.92 Å². The highest BCUT2D eigenvalue weighted by Crippen LogP contribution is 2.15. The molecule has 98 valence electrons. The molecule has 1 amide bonds. The fourth-order valence-electron chi connectivity index (χ4n) is 1.55. The number of anilines is 1. The minimum absolute atomic E-state index is 0.186. The molecule has 3 N–H and O–H groups in total. The molecule has 0 atom stereocenters. The molecule has 2 aromatic heterocycles. The summed E-state index contributed by atoms with van der Waals surface area (Å²) in [6.45, 7) is 1.85. The van der Waals surface area contributed by atoms with Crippen LogP contribution in [0.5, 0.6) is 0 Å². The first kappa shape index (κ1) is 13.2. The SMILES string of the molecule is Cc1ccc(C(=O)Nc2c(C(N)=S)cnn2C)cn1. The molecule has 0 aromatic carbocycles. The number of pyridine rings is 1. The Morgan fingerprint density at radius 1 is 1.42 bits per heavy atom. The molecule has 0 spiro atoms. The number of nitrogens with zero attached hydrogens (tertiary/aromatic N) is 3. The maximum absolute atomic E-state index is 12.1. The minimum atomic E-state index is -0.284. The summed E-state index contributed by atoms with van der Waals surface area (Å²) in [7, 11) is 1.70. The fraction of sp³-hybridized carbons (Fsp3) is 0.167. The summed E-state index contributed by atoms with van der Waals surface area (Å²) in [5, 5.41) is 6.75. The Morgan fingerprint density at radius 2 is 2.16 bits per heavy atom. The van der Waals surface area contributed by atoms with Crippen molar-refractivity contribution < 1.29 is 4.79 Å². The number of rotatable bonds is 3. The predicted octanol–water partition coefficient (Wildman–Crippen LogP) is 1.01. The van der Waals surface area contributed by atoms with Crippen LogP contribution in [-0.4, -0.2) is 25.7 Å². The van der Waals surface area contributed by atoms with E-state index < -0.39 is 0 Å². The number of nitrogens with one attached hydrogen (secondary N) is 1. The number of nitrogens with two attached hydrogens (primary N) is 1. The molecule has 7 heteroatoms. The monoisotopic (exact) mass is 275 g/mol. The molecule has 0 radical (unpaired) electrons. The zero-order chi connectivity index (χ0) is 14.0. The molecule has 6 nitrogen and oxygen atoms in total. The van der Waals surface area contributed by atoms with Gasteiger partial charge in [-0.15, -0.1) is 0 Å². The lowest BCUT2D eigenvalue weighted by Gasteiger charge is -2.07. The van der Waals surface area contributed by atoms with Crippen molar-refractivity contribution in [1.82, 2.24) is 14.8 Å². The highest BCUT2D eigenvalue weighted by Gasteiger charge is 2.15. The van der Waals surface area contributed by atoms with Crippen LogP contribution in [0.15, 0.2) is 24.5 Å². The van der Waals surface area contributed by atoms with E-state index in [2.05, 4.69) is 15.4 Å². The van der Waals surface area contributed by atoms with Crippen LogP contribution >= 0.6 is 12.2 Å². The molecule has 0 bridgehead atoms. The van der Waals surface area contributed by atoms with Crippen LogP contribution in [0.2, 0.25) is 0 Å². The van der Waals surface area contributed by atoms with Crippen molar-refractivity contribution in [2.75, 3.05) is 5.32 Å². The normalized spacial score (nSPS) is 10.2. The molecular formula is C12H13N5OS. The highest BCUT2D eigenvalue weighted by molar-refractivity contribution is 7.80. The summed E-state index contributed by atoms with van der Waals surface area (Å²) in [6.07, 6.45) is 3.03. The van der Waals surface area contributed by atoms with Crippen molar-refractivity contribution in [3.05, 3.63) is 41.3 Å². The third kappa shape index (κ3) is 2.76. The standard InChI is InChI=1S/C12H13N5OS/c1-7-3-4-8(5-14-7)12(18)16-11-9(10(13)19)6-15-17(11)2/h3-6H,1-2H3,(H2,13,19)(H,16,18). The quantitative estimate of drug-likeness (QED) is 0.816. The van der Waals surface area contributed by atoms with Gasteiger partial charge in [0.2, 0.25) is 0 Å². The Hall–Kier alpha value is -2.28. The van der Waals surface area contributed by atoms with Crippen molar-refractivity contribution in [2.45, 2.75) is 6.92 Å². The first-order chi connectivity index (χ1) is 8.99. The number of carbonyl (C=O) groups is 1. The van der Waals surface area contributed by atoms with Gasteiger partial charge < -0.3 is 11.1 Å². The van der Waals surface area contributed by atoms with E-state index in [0.29, 0.717) is 16.9 Å². The van der Waals surface area contributed by atoms with Gasteiger partial charge in [0.15, 0.2) is 0 Å². The van der Waals surface area contributed by atoms with E-state index in [-0.39, 0.29) is 10.9 Å². The number of hydrogen-bond donors (Lipinski definition) is 2. The van der Waals surface area contributed by atoms with Crippen LogP contribution in [0, 0.1) is 6.92 Å². The van der Waals surface area contributed by atoms with E-state index in [0.717, 1.165) is 5.69 Å². The van der Waals surface area contributed by atoms with Crippen LogP contribution in [0.25, 0.3) is 0 Å². The highest BCUT2D eigenvalue weighted by atomic mass is 32.1. The van der Waals surface area contributed by atoms with Crippen LogP contribution in [-0.2, 0) is 7.05 Å². The average Bonchev–Trinajstić information content (AvgIpc) is 2.72. The maximum atomic E-state index is 12.1. The third-order valence-corrected chi connectivity index (χ3v) is 2.83. The van der Waals surface area contributed by atoms with Gasteiger partial charge in [-0.3, -0.25) is 14.5 Å². The van der Waals surface area contributed by atoms with Gasteiger partial charge in [-0.1, -0.05) is 12.2 Å². The van der Waals surface area contributed by atoms with Gasteiger partial charge in [0.1, 0.15) is 10.8 Å². The van der Waals surface area contributed by atoms with Crippen molar-refractivity contribution in [3.8, 4) is 0 Å². The van der Waals surface area contributed by atoms with Crippen molar-refractivity contribution in [1.29, 1.82) is 0 Å². The van der Waals surface area contributed by atoms with Crippen molar-refractivity contribution in [2.24, 2.45) is 12.8 Å². The molecule has 0 aliphatic rings. The molecule has 0 saturated carbocycles. The van der Waals surface area contributed by atoms with Crippen molar-refractivity contribution in [3.63, 3.8) is 0 Å². The van der Waals surface area contributed by atoms with E-state index >= 15 is 0 Å². The maximum Gasteiger partial charge on any atom is 0.258 e. The lowest BCUT2D eigenvalue weighted by molar-refractivity contribution is 0.102. The summed E-state index contributed by atoms with van der Waals surface area (Å²) in [4.78, 5) is 16.3. The van der Waals surface area contributed by atoms with Gasteiger partial charge >= 0.3 is 0 Å². The molecular weight excluding hydrogens is 262 g/mol. The fourth-order valence-corrected chi connectivity index (χ4v) is 1.70. The zero-order valence-corrected chi connectivity index (χ0v) is 11.4. The van der Waals surface area contributed by atoms with E-state index in [1.54, 1.807) is 19.2 Å². The summed E-state index contributed by atoms with van der Waals surface area (Å²) < 4.78 is 1.51. The second-order valence-electron chi connectivity index (χ2n) is 4.04. The largest absolute Gasteiger partial charge is 0.389 e. The molecule has 19 heavy (non-hydrogen) atoms. The summed E-state index contributed by atoms with van der Waals surface area (Å²) in [5.41, 5.74) is 7.42. The van der Waals surface area contributed by atoms with Gasteiger partial charge in [0.05, 0.1) is 17.3 Å². The molecule has 0 unspecified atom stereocenters. The van der Waals surface area contributed by atoms with E-state index in [1.165, 1.54) is 17.1 Å². The summed E-state index contributed by atoms with van der Waals surface area (Å²) in [6, 6.07) is 3.47. The number of hydrogen-bond acceptors (Lipinski definition) is 4. The lowest BCUT2D eigenvalue weighted by Crippen LogP contribution is -2.19. The number of aromatic nitrogens is 3. The van der Waals surface area contributed by atoms with Crippen molar-refractivity contribution >= 4 is 28.9 Å². The Morgan fingerprint density at radius 3 is 2.74 bits per heavy atom. The molecule has 2 heterocycles. The van der Waals surface area contributed by atoms with Gasteiger partial charge in [-0.2, -0.15) is 5.10 Å². The number of amides is 1. The Bertz CT molecular complexity index is 632. The second kappa shape index (κ2) is 5.15. The van der Waals surface area contributed by atoms with Gasteiger partial charge in [0.25, 0.3) is 5.91 Å². The average molecular weight is 275 g/mol. The van der Waals surface area contributed by atoms with Gasteiger partial charge in [-0.25, -0.2) is 0 Å². The Balaban J connectivity index is 2.26. The molecule has 2 rings (SSSR count).